The summed E-state index contributed by atoms with van der Waals surface area (Å²) in [6.07, 6.45) is 1.63. The fourth-order valence-corrected chi connectivity index (χ4v) is 4.76. The molecular weight excluding hydrogens is 408 g/mol. The van der Waals surface area contributed by atoms with Gasteiger partial charge in [-0.15, -0.1) is 11.3 Å². The molecule has 0 saturated heterocycles. The molecule has 0 spiro atoms. The molecule has 0 N–H and O–H groups in total. The lowest BCUT2D eigenvalue weighted by Crippen LogP contribution is -2.23. The van der Waals surface area contributed by atoms with E-state index in [0.717, 1.165) is 22.5 Å². The van der Waals surface area contributed by atoms with Gasteiger partial charge in [-0.05, 0) is 25.8 Å². The first kappa shape index (κ1) is 22.0. The van der Waals surface area contributed by atoms with Crippen molar-refractivity contribution in [3.05, 3.63) is 33.0 Å². The first-order valence-corrected chi connectivity index (χ1v) is 11.5. The predicted molar refractivity (Wildman–Crippen MR) is 117 cm³/mol. The van der Waals surface area contributed by atoms with Crippen LogP contribution in [0.5, 0.6) is 0 Å². The Bertz CT molecular complexity index is 1030. The van der Waals surface area contributed by atoms with E-state index in [9.17, 15) is 4.79 Å². The van der Waals surface area contributed by atoms with Gasteiger partial charge < -0.3 is 9.26 Å². The smallest absolute Gasteiger partial charge is 0.262 e. The molecule has 7 nitrogen and oxygen atoms in total. The lowest BCUT2D eigenvalue weighted by molar-refractivity contribution is 0.189. The average Bonchev–Trinajstić information content (AvgIpc) is 3.31. The van der Waals surface area contributed by atoms with Crippen LogP contribution >= 0.6 is 23.1 Å². The van der Waals surface area contributed by atoms with Crippen molar-refractivity contribution in [2.45, 2.75) is 69.8 Å². The van der Waals surface area contributed by atoms with E-state index in [1.54, 1.807) is 23.0 Å². The third kappa shape index (κ3) is 4.90. The summed E-state index contributed by atoms with van der Waals surface area (Å²) in [4.78, 5) is 24.5. The number of thioether (sulfide) groups is 1. The van der Waals surface area contributed by atoms with Crippen LogP contribution in [0, 0.1) is 0 Å². The number of nitrogens with zero attached hydrogens (tertiary/aromatic N) is 4. The number of aromatic nitrogens is 4. The van der Waals surface area contributed by atoms with Crippen molar-refractivity contribution in [3.63, 3.8) is 0 Å². The second-order valence-electron chi connectivity index (χ2n) is 7.95. The number of ether oxygens (including phenoxy) is 1. The van der Waals surface area contributed by atoms with Crippen LogP contribution in [0.2, 0.25) is 0 Å². The molecule has 9 heteroatoms. The molecular formula is C20H28N4O3S2. The van der Waals surface area contributed by atoms with Crippen LogP contribution in [-0.4, -0.2) is 33.4 Å². The third-order valence-electron chi connectivity index (χ3n) is 4.49. The normalized spacial score (nSPS) is 13.3. The average molecular weight is 437 g/mol. The molecule has 0 aliphatic rings. The number of thiophene rings is 1. The van der Waals surface area contributed by atoms with E-state index in [1.165, 1.54) is 11.8 Å². The zero-order valence-corrected chi connectivity index (χ0v) is 19.4. The Morgan fingerprint density at radius 1 is 1.34 bits per heavy atom. The van der Waals surface area contributed by atoms with E-state index in [1.807, 2.05) is 33.8 Å². The first-order chi connectivity index (χ1) is 13.7. The van der Waals surface area contributed by atoms with E-state index in [2.05, 4.69) is 17.1 Å². The summed E-state index contributed by atoms with van der Waals surface area (Å²) >= 11 is 3.05. The van der Waals surface area contributed by atoms with Crippen LogP contribution in [-0.2, 0) is 23.1 Å². The fourth-order valence-electron chi connectivity index (χ4n) is 2.79. The van der Waals surface area contributed by atoms with Gasteiger partial charge in [-0.2, -0.15) is 4.98 Å². The van der Waals surface area contributed by atoms with Gasteiger partial charge in [-0.25, -0.2) is 4.98 Å². The highest BCUT2D eigenvalue weighted by Gasteiger charge is 2.25. The lowest BCUT2D eigenvalue weighted by Gasteiger charge is -2.14. The van der Waals surface area contributed by atoms with Crippen LogP contribution in [0.25, 0.3) is 10.2 Å². The fraction of sp³-hybridized carbons (Fsp3) is 0.600. The molecule has 0 fully saturated rings. The molecule has 0 radical (unpaired) electrons. The van der Waals surface area contributed by atoms with Crippen LogP contribution in [0.15, 0.2) is 20.5 Å². The van der Waals surface area contributed by atoms with Crippen molar-refractivity contribution in [3.8, 4) is 0 Å². The summed E-state index contributed by atoms with van der Waals surface area (Å²) in [6, 6.07) is 1.97. The highest BCUT2D eigenvalue weighted by molar-refractivity contribution is 7.99. The molecule has 0 bridgehead atoms. The third-order valence-corrected chi connectivity index (χ3v) is 6.74. The monoisotopic (exact) mass is 436 g/mol. The first-order valence-electron chi connectivity index (χ1n) is 9.77. The molecule has 1 unspecified atom stereocenters. The summed E-state index contributed by atoms with van der Waals surface area (Å²) in [5, 5.41) is 5.35. The Morgan fingerprint density at radius 3 is 2.72 bits per heavy atom. The lowest BCUT2D eigenvalue weighted by atomic mass is 9.96. The van der Waals surface area contributed by atoms with Crippen molar-refractivity contribution in [2.75, 3.05) is 13.7 Å². The molecule has 3 heterocycles. The van der Waals surface area contributed by atoms with Gasteiger partial charge in [0.05, 0.1) is 10.6 Å². The van der Waals surface area contributed by atoms with Crippen LogP contribution in [0.3, 0.4) is 0 Å². The number of methoxy groups -OCH3 is 1. The summed E-state index contributed by atoms with van der Waals surface area (Å²) in [7, 11) is 1.66. The van der Waals surface area contributed by atoms with Gasteiger partial charge in [0.2, 0.25) is 5.89 Å². The van der Waals surface area contributed by atoms with Gasteiger partial charge in [0.1, 0.15) is 4.83 Å². The van der Waals surface area contributed by atoms with Crippen molar-refractivity contribution < 1.29 is 9.26 Å². The molecule has 1 atom stereocenters. The van der Waals surface area contributed by atoms with E-state index >= 15 is 0 Å². The number of fused-ring (bicyclic) bond motifs is 1. The summed E-state index contributed by atoms with van der Waals surface area (Å²) in [5.74, 6) is 1.21. The highest BCUT2D eigenvalue weighted by Crippen LogP contribution is 2.35. The molecule has 0 saturated carbocycles. The Balaban J connectivity index is 1.96. The number of rotatable bonds is 8. The maximum Gasteiger partial charge on any atom is 0.262 e. The molecule has 29 heavy (non-hydrogen) atoms. The van der Waals surface area contributed by atoms with E-state index < -0.39 is 0 Å². The topological polar surface area (TPSA) is 83.0 Å². The second-order valence-corrected chi connectivity index (χ2v) is 10.4. The summed E-state index contributed by atoms with van der Waals surface area (Å²) < 4.78 is 12.4. The Kier molecular flexibility index (Phi) is 6.80. The molecule has 0 aliphatic carbocycles. The molecule has 158 valence electrons. The zero-order valence-electron chi connectivity index (χ0n) is 17.8. The van der Waals surface area contributed by atoms with Crippen LogP contribution in [0.4, 0.5) is 0 Å². The Morgan fingerprint density at radius 2 is 2.10 bits per heavy atom. The number of aryl methyl sites for hydroxylation is 1. The molecule has 0 aliphatic heterocycles. The number of hydrogen-bond donors (Lipinski definition) is 0. The standard InChI is InChI=1S/C20H28N4O3S2/c1-7-13-11-14-16(29-13)22-19(24(17(14)25)9-8-10-26-6)28-12(2)15-21-18(23-27-15)20(3,4)5/h11-12H,7-10H2,1-6H3. The minimum atomic E-state index is -0.181. The van der Waals surface area contributed by atoms with E-state index in [0.29, 0.717) is 35.4 Å². The Labute approximate surface area is 178 Å². The highest BCUT2D eigenvalue weighted by atomic mass is 32.2. The van der Waals surface area contributed by atoms with E-state index in [4.69, 9.17) is 14.2 Å². The Hall–Kier alpha value is -1.71. The van der Waals surface area contributed by atoms with Crippen molar-refractivity contribution in [1.29, 1.82) is 0 Å². The van der Waals surface area contributed by atoms with Crippen molar-refractivity contribution >= 4 is 33.3 Å². The van der Waals surface area contributed by atoms with Gasteiger partial charge in [0, 0.05) is 30.6 Å². The zero-order chi connectivity index (χ0) is 21.2. The van der Waals surface area contributed by atoms with E-state index in [-0.39, 0.29) is 16.2 Å². The van der Waals surface area contributed by atoms with Crippen LogP contribution in [0.1, 0.15) is 62.9 Å². The predicted octanol–water partition coefficient (Wildman–Crippen LogP) is 4.59. The van der Waals surface area contributed by atoms with Gasteiger partial charge in [0.25, 0.3) is 5.56 Å². The van der Waals surface area contributed by atoms with Gasteiger partial charge in [-0.1, -0.05) is 44.6 Å². The summed E-state index contributed by atoms with van der Waals surface area (Å²) in [5.41, 5.74) is -0.184. The van der Waals surface area contributed by atoms with Crippen molar-refractivity contribution in [2.24, 2.45) is 0 Å². The minimum absolute atomic E-state index is 0.00216. The second kappa shape index (κ2) is 8.97. The molecule has 3 aromatic rings. The minimum Gasteiger partial charge on any atom is -0.385 e. The van der Waals surface area contributed by atoms with Gasteiger partial charge >= 0.3 is 0 Å². The quantitative estimate of drug-likeness (QED) is 0.290. The molecule has 3 aromatic heterocycles. The summed E-state index contributed by atoms with van der Waals surface area (Å²) in [6.45, 7) is 11.4. The van der Waals surface area contributed by atoms with Crippen molar-refractivity contribution in [1.82, 2.24) is 19.7 Å². The van der Waals surface area contributed by atoms with Gasteiger partial charge in [0.15, 0.2) is 11.0 Å². The SMILES string of the molecule is CCc1cc2c(=O)n(CCCOC)c(SC(C)c3nc(C(C)(C)C)no3)nc2s1. The van der Waals surface area contributed by atoms with Gasteiger partial charge in [-0.3, -0.25) is 9.36 Å². The number of hydrogen-bond acceptors (Lipinski definition) is 8. The largest absolute Gasteiger partial charge is 0.385 e. The maximum atomic E-state index is 13.2. The molecule has 0 aromatic carbocycles. The molecule has 3 rings (SSSR count). The maximum absolute atomic E-state index is 13.2. The molecule has 0 amide bonds. The van der Waals surface area contributed by atoms with Crippen LogP contribution < -0.4 is 5.56 Å².